The van der Waals surface area contributed by atoms with Crippen LogP contribution in [0.1, 0.15) is 84.6 Å². The smallest absolute Gasteiger partial charge is 0.349 e. The predicted octanol–water partition coefficient (Wildman–Crippen LogP) is 10.3. The first kappa shape index (κ1) is 61.4. The number of nitrogens with zero attached hydrogens (tertiary/aromatic N) is 8. The molecule has 4 aromatic carbocycles. The highest BCUT2D eigenvalue weighted by molar-refractivity contribution is 6.00. The van der Waals surface area contributed by atoms with Gasteiger partial charge in [0.1, 0.15) is 59.3 Å². The molecule has 4 rings (SSSR count). The Morgan fingerprint density at radius 1 is 0.397 bits per heavy atom. The first-order chi connectivity index (χ1) is 37.7. The summed E-state index contributed by atoms with van der Waals surface area (Å²) >= 11 is 0. The molecule has 0 fully saturated rings. The van der Waals surface area contributed by atoms with Gasteiger partial charge in [0.05, 0.1) is 6.61 Å². The van der Waals surface area contributed by atoms with Gasteiger partial charge in [0.25, 0.3) is 0 Å². The summed E-state index contributed by atoms with van der Waals surface area (Å²) in [7, 11) is 0. The van der Waals surface area contributed by atoms with Gasteiger partial charge in [-0.3, -0.25) is 0 Å². The lowest BCUT2D eigenvalue weighted by molar-refractivity contribution is -0.176. The van der Waals surface area contributed by atoms with Crippen LogP contribution in [-0.2, 0) is 38.1 Å². The number of hydrogen-bond acceptors (Lipinski definition) is 16. The average molecular weight is 1060 g/mol. The molecule has 0 amide bonds. The summed E-state index contributed by atoms with van der Waals surface area (Å²) in [5, 5.41) is 41.0. The molecule has 0 saturated carbocycles. The molecule has 0 aromatic heterocycles. The first-order valence-electron chi connectivity index (χ1n) is 26.3. The maximum absolute atomic E-state index is 14.2. The number of carbonyl (C=O) groups is 4. The van der Waals surface area contributed by atoms with Gasteiger partial charge in [0, 0.05) is 81.0 Å². The van der Waals surface area contributed by atoms with Crippen molar-refractivity contribution in [2.24, 2.45) is 5.92 Å². The van der Waals surface area contributed by atoms with E-state index in [2.05, 4.69) is 19.6 Å². The van der Waals surface area contributed by atoms with E-state index >= 15 is 0 Å². The minimum Gasteiger partial charge on any atom is -0.461 e. The summed E-state index contributed by atoms with van der Waals surface area (Å²) in [6.07, 6.45) is 1.87. The molecule has 0 N–H and O–H groups in total. The topological polar surface area (TPSA) is 213 Å². The fourth-order valence-corrected chi connectivity index (χ4v) is 8.45. The van der Waals surface area contributed by atoms with Gasteiger partial charge in [0.2, 0.25) is 0 Å². The zero-order valence-corrected chi connectivity index (χ0v) is 46.2. The van der Waals surface area contributed by atoms with Gasteiger partial charge in [-0.25, -0.2) is 19.2 Å². The van der Waals surface area contributed by atoms with Crippen LogP contribution < -0.4 is 19.6 Å². The Morgan fingerprint density at radius 2 is 0.641 bits per heavy atom. The second-order valence-corrected chi connectivity index (χ2v) is 17.7. The van der Waals surface area contributed by atoms with Gasteiger partial charge in [-0.15, -0.1) is 0 Å². The summed E-state index contributed by atoms with van der Waals surface area (Å²) in [5.41, 5.74) is 4.07. The predicted molar refractivity (Wildman–Crippen MR) is 305 cm³/mol. The number of esters is 4. The van der Waals surface area contributed by atoms with Crippen LogP contribution >= 0.6 is 0 Å². The second-order valence-electron chi connectivity index (χ2n) is 17.7. The van der Waals surface area contributed by atoms with E-state index in [4.69, 9.17) is 18.9 Å². The molecule has 0 spiro atoms. The van der Waals surface area contributed by atoms with Gasteiger partial charge < -0.3 is 38.5 Å². The molecule has 0 aliphatic rings. The van der Waals surface area contributed by atoms with E-state index in [0.29, 0.717) is 22.3 Å². The van der Waals surface area contributed by atoms with Crippen molar-refractivity contribution in [3.8, 4) is 24.3 Å². The Morgan fingerprint density at radius 3 is 0.897 bits per heavy atom. The van der Waals surface area contributed by atoms with E-state index in [1.807, 2.05) is 128 Å². The van der Waals surface area contributed by atoms with Crippen molar-refractivity contribution >= 4 is 70.9 Å². The average Bonchev–Trinajstić information content (AvgIpc) is 3.47. The molecule has 0 radical (unpaired) electrons. The van der Waals surface area contributed by atoms with Gasteiger partial charge in [0.15, 0.2) is 6.10 Å². The fourth-order valence-electron chi connectivity index (χ4n) is 8.45. The lowest BCUT2D eigenvalue weighted by Gasteiger charge is -2.30. The molecule has 4 aromatic rings. The summed E-state index contributed by atoms with van der Waals surface area (Å²) in [5.74, 6) is -5.66. The molecular formula is C62H70N8O8. The number of benzene rings is 4. The van der Waals surface area contributed by atoms with E-state index in [1.165, 1.54) is 31.2 Å². The molecule has 0 bridgehead atoms. The monoisotopic (exact) mass is 1050 g/mol. The molecule has 406 valence electrons. The highest BCUT2D eigenvalue weighted by atomic mass is 16.6. The molecule has 78 heavy (non-hydrogen) atoms. The van der Waals surface area contributed by atoms with E-state index in [1.54, 1.807) is 48.5 Å². The number of nitriles is 4. The molecule has 0 heterocycles. The van der Waals surface area contributed by atoms with Crippen LogP contribution in [0.2, 0.25) is 0 Å². The van der Waals surface area contributed by atoms with E-state index in [0.717, 1.165) is 75.1 Å². The van der Waals surface area contributed by atoms with Crippen molar-refractivity contribution in [3.63, 3.8) is 0 Å². The highest BCUT2D eigenvalue weighted by Crippen LogP contribution is 2.25. The summed E-state index contributed by atoms with van der Waals surface area (Å²) in [6.45, 7) is 22.4. The summed E-state index contributed by atoms with van der Waals surface area (Å²) in [4.78, 5) is 64.4. The van der Waals surface area contributed by atoms with Crippen molar-refractivity contribution in [2.75, 3.05) is 85.2 Å². The number of anilines is 4. The quantitative estimate of drug-likeness (QED) is 0.0224. The van der Waals surface area contributed by atoms with Gasteiger partial charge in [-0.2, -0.15) is 21.0 Å². The third-order valence-corrected chi connectivity index (χ3v) is 13.0. The van der Waals surface area contributed by atoms with Crippen LogP contribution in [0.5, 0.6) is 0 Å². The van der Waals surface area contributed by atoms with Crippen LogP contribution in [0, 0.1) is 51.2 Å². The molecule has 0 aliphatic heterocycles. The molecule has 16 nitrogen and oxygen atoms in total. The highest BCUT2D eigenvalue weighted by Gasteiger charge is 2.37. The zero-order chi connectivity index (χ0) is 57.1. The maximum Gasteiger partial charge on any atom is 0.349 e. The Hall–Kier alpha value is -9.12. The Kier molecular flexibility index (Phi) is 25.0. The largest absolute Gasteiger partial charge is 0.461 e. The number of carbonyl (C=O) groups excluding carboxylic acids is 4. The number of rotatable bonds is 28. The van der Waals surface area contributed by atoms with E-state index < -0.39 is 71.9 Å². The van der Waals surface area contributed by atoms with Crippen molar-refractivity contribution in [1.29, 1.82) is 21.0 Å². The SMILES string of the molecule is CCN(CC)c1ccc(/C=C(\C#N)C(=O)OCC(C)C(OC(=O)/C(C#N)=C/c2ccc(N(CC)CC)cc2)C(COC(=O)/C(C#N)=C/c2ccc(N(CC)CC)cc2)OC(=O)/C(C#N)=C/c2ccc(N(CC)CC)cc2)cc1. The van der Waals surface area contributed by atoms with Crippen molar-refractivity contribution < 1.29 is 38.1 Å². The third-order valence-electron chi connectivity index (χ3n) is 13.0. The van der Waals surface area contributed by atoms with Gasteiger partial charge in [-0.05, 0) is 150 Å². The fraction of sp³-hybridized carbons (Fsp3) is 0.355. The third kappa shape index (κ3) is 17.5. The number of hydrogen-bond donors (Lipinski definition) is 0. The normalized spacial score (nSPS) is 12.7. The Balaban J connectivity index is 1.80. The number of ether oxygens (including phenoxy) is 4. The first-order valence-corrected chi connectivity index (χ1v) is 26.3. The Bertz CT molecular complexity index is 2940. The molecule has 3 atom stereocenters. The van der Waals surface area contributed by atoms with E-state index in [9.17, 15) is 40.2 Å². The molecular weight excluding hydrogens is 985 g/mol. The van der Waals surface area contributed by atoms with Crippen molar-refractivity contribution in [1.82, 2.24) is 0 Å². The summed E-state index contributed by atoms with van der Waals surface area (Å²) in [6, 6.07) is 36.2. The standard InChI is InChI=1S/C62H70N8O8/c1-10-67(11-2)53-26-18-45(19-27-53)34-49(38-63)59(71)75-42-44(9)58(78-62(74)52(41-66)37-48-24-32-56(33-25-48)70(16-7)17-8)57(77-61(73)51(40-65)36-47-22-30-55(31-23-47)69(14-5)15-6)43-76-60(72)50(39-64)35-46-20-28-54(29-21-46)68(12-3)13-4/h18-37,44,57-58H,10-17,42-43H2,1-9H3/b49-34+,50-35+,51-36+,52-37+. The van der Waals surface area contributed by atoms with Crippen molar-refractivity contribution in [3.05, 3.63) is 142 Å². The zero-order valence-electron chi connectivity index (χ0n) is 46.2. The minimum absolute atomic E-state index is 0.350. The van der Waals surface area contributed by atoms with Crippen LogP contribution in [0.3, 0.4) is 0 Å². The lowest BCUT2D eigenvalue weighted by atomic mass is 9.99. The second kappa shape index (κ2) is 31.7. The van der Waals surface area contributed by atoms with Crippen LogP contribution in [0.25, 0.3) is 24.3 Å². The van der Waals surface area contributed by atoms with E-state index in [-0.39, 0.29) is 5.57 Å². The molecule has 3 unspecified atom stereocenters. The minimum atomic E-state index is -1.77. The van der Waals surface area contributed by atoms with Crippen LogP contribution in [0.15, 0.2) is 119 Å². The molecule has 0 aliphatic carbocycles. The Labute approximate surface area is 459 Å². The molecule has 16 heteroatoms. The van der Waals surface area contributed by atoms with Crippen LogP contribution in [0.4, 0.5) is 22.7 Å². The van der Waals surface area contributed by atoms with Gasteiger partial charge >= 0.3 is 23.9 Å². The summed E-state index contributed by atoms with van der Waals surface area (Å²) < 4.78 is 23.4. The van der Waals surface area contributed by atoms with Crippen molar-refractivity contribution in [2.45, 2.75) is 74.5 Å². The maximum atomic E-state index is 14.2. The van der Waals surface area contributed by atoms with Gasteiger partial charge in [-0.1, -0.05) is 55.5 Å². The lowest BCUT2D eigenvalue weighted by Crippen LogP contribution is -2.45. The van der Waals surface area contributed by atoms with Crippen LogP contribution in [-0.4, -0.2) is 102 Å². The molecule has 0 saturated heterocycles.